The van der Waals surface area contributed by atoms with Gasteiger partial charge in [0.25, 0.3) is 0 Å². The number of hydrogen-bond donors (Lipinski definition) is 2. The average Bonchev–Trinajstić information content (AvgIpc) is 3.28. The van der Waals surface area contributed by atoms with Gasteiger partial charge in [0.1, 0.15) is 18.8 Å². The molecule has 194 valence electrons. The van der Waals surface area contributed by atoms with Crippen LogP contribution < -0.4 is 16.4 Å². The summed E-state index contributed by atoms with van der Waals surface area (Å²) in [5, 5.41) is 0. The highest BCUT2D eigenvalue weighted by atomic mass is 16.5. The number of rotatable bonds is 6. The third-order valence-corrected chi connectivity index (χ3v) is 9.02. The van der Waals surface area contributed by atoms with Crippen molar-refractivity contribution in [2.45, 2.75) is 68.7 Å². The van der Waals surface area contributed by atoms with Crippen molar-refractivity contribution >= 4 is 23.3 Å². The van der Waals surface area contributed by atoms with E-state index in [1.54, 1.807) is 11.0 Å². The SMILES string of the molecule is NC(=O)c1ccc(N2CCN(C3CC3)CC2)cc1[C@@H](C(=O)N1C[C@H](N)[C@H]2OCC(=O)[C@H]21)C1CCCC1. The molecule has 0 radical (unpaired) electrons. The van der Waals surface area contributed by atoms with Gasteiger partial charge < -0.3 is 26.0 Å². The molecule has 9 nitrogen and oxygen atoms in total. The maximum Gasteiger partial charge on any atom is 0.249 e. The number of anilines is 1. The molecule has 9 heteroatoms. The van der Waals surface area contributed by atoms with E-state index < -0.39 is 24.0 Å². The molecule has 0 spiro atoms. The fourth-order valence-electron chi connectivity index (χ4n) is 6.99. The minimum Gasteiger partial charge on any atom is -0.369 e. The van der Waals surface area contributed by atoms with E-state index in [9.17, 15) is 14.4 Å². The van der Waals surface area contributed by atoms with Gasteiger partial charge in [0.2, 0.25) is 11.8 Å². The summed E-state index contributed by atoms with van der Waals surface area (Å²) >= 11 is 0. The number of nitrogens with two attached hydrogens (primary N) is 2. The molecule has 2 aliphatic carbocycles. The van der Waals surface area contributed by atoms with Crippen LogP contribution >= 0.6 is 0 Å². The number of piperazine rings is 1. The average molecular weight is 496 g/mol. The third kappa shape index (κ3) is 4.21. The van der Waals surface area contributed by atoms with Crippen LogP contribution in [0.25, 0.3) is 0 Å². The summed E-state index contributed by atoms with van der Waals surface area (Å²) < 4.78 is 5.63. The first-order valence-electron chi connectivity index (χ1n) is 13.6. The summed E-state index contributed by atoms with van der Waals surface area (Å²) in [7, 11) is 0. The molecule has 4 atom stereocenters. The highest BCUT2D eigenvalue weighted by Crippen LogP contribution is 2.42. The van der Waals surface area contributed by atoms with Crippen molar-refractivity contribution in [3.05, 3.63) is 29.3 Å². The minimum absolute atomic E-state index is 0.00420. The van der Waals surface area contributed by atoms with Crippen LogP contribution in [0.4, 0.5) is 5.69 Å². The normalized spacial score (nSPS) is 30.1. The van der Waals surface area contributed by atoms with Crippen molar-refractivity contribution in [2.75, 3.05) is 44.2 Å². The largest absolute Gasteiger partial charge is 0.369 e. The van der Waals surface area contributed by atoms with Gasteiger partial charge in [0.05, 0.1) is 12.0 Å². The van der Waals surface area contributed by atoms with Crippen LogP contribution in [0.2, 0.25) is 0 Å². The molecule has 36 heavy (non-hydrogen) atoms. The molecule has 1 aromatic carbocycles. The molecule has 3 saturated heterocycles. The molecule has 1 aromatic rings. The number of ketones is 1. The van der Waals surface area contributed by atoms with Crippen molar-refractivity contribution in [2.24, 2.45) is 17.4 Å². The lowest BCUT2D eigenvalue weighted by Crippen LogP contribution is -2.47. The van der Waals surface area contributed by atoms with E-state index in [2.05, 4.69) is 9.80 Å². The van der Waals surface area contributed by atoms with Crippen LogP contribution in [-0.2, 0) is 14.3 Å². The predicted molar refractivity (Wildman–Crippen MR) is 135 cm³/mol. The number of nitrogens with zero attached hydrogens (tertiary/aromatic N) is 3. The Morgan fingerprint density at radius 3 is 2.42 bits per heavy atom. The van der Waals surface area contributed by atoms with Gasteiger partial charge in [0, 0.05) is 50.0 Å². The van der Waals surface area contributed by atoms with Crippen molar-refractivity contribution in [3.8, 4) is 0 Å². The number of hydrogen-bond acceptors (Lipinski definition) is 7. The molecule has 6 rings (SSSR count). The highest BCUT2D eigenvalue weighted by Gasteiger charge is 2.53. The second-order valence-corrected chi connectivity index (χ2v) is 11.3. The van der Waals surface area contributed by atoms with Gasteiger partial charge in [-0.3, -0.25) is 19.3 Å². The third-order valence-electron chi connectivity index (χ3n) is 9.02. The summed E-state index contributed by atoms with van der Waals surface area (Å²) in [5.74, 6) is -1.17. The van der Waals surface area contributed by atoms with E-state index in [-0.39, 0.29) is 36.8 Å². The molecule has 4 N–H and O–H groups in total. The van der Waals surface area contributed by atoms with Gasteiger partial charge in [-0.05, 0) is 55.4 Å². The fraction of sp³-hybridized carbons (Fsp3) is 0.667. The van der Waals surface area contributed by atoms with Crippen molar-refractivity contribution < 1.29 is 19.1 Å². The first-order chi connectivity index (χ1) is 17.4. The van der Waals surface area contributed by atoms with Crippen LogP contribution in [0.3, 0.4) is 0 Å². The Morgan fingerprint density at radius 2 is 1.75 bits per heavy atom. The molecule has 0 unspecified atom stereocenters. The van der Waals surface area contributed by atoms with Gasteiger partial charge in [0.15, 0.2) is 5.78 Å². The minimum atomic E-state index is -0.632. The molecule has 3 heterocycles. The quantitative estimate of drug-likeness (QED) is 0.600. The Hall–Kier alpha value is -2.49. The molecule has 3 aliphatic heterocycles. The standard InChI is InChI=1S/C27H37N5O4/c28-21-14-32(24-22(33)15-36-25(21)24)27(35)23(16-3-1-2-4-16)20-13-18(7-8-19(20)26(29)34)31-11-9-30(10-12-31)17-5-6-17/h7-8,13,16-17,21,23-25H,1-6,9-12,14-15,28H2,(H2,29,34)/t21-,23-,24+,25+/m0/s1. The zero-order chi connectivity index (χ0) is 25.0. The van der Waals surface area contributed by atoms with Gasteiger partial charge in [-0.2, -0.15) is 0 Å². The lowest BCUT2D eigenvalue weighted by molar-refractivity contribution is -0.138. The van der Waals surface area contributed by atoms with Crippen LogP contribution in [0.15, 0.2) is 18.2 Å². The number of carbonyl (C=O) groups excluding carboxylic acids is 3. The van der Waals surface area contributed by atoms with Crippen LogP contribution in [0.5, 0.6) is 0 Å². The molecule has 5 aliphatic rings. The van der Waals surface area contributed by atoms with Crippen molar-refractivity contribution in [1.82, 2.24) is 9.80 Å². The van der Waals surface area contributed by atoms with E-state index >= 15 is 0 Å². The van der Waals surface area contributed by atoms with Gasteiger partial charge >= 0.3 is 0 Å². The number of Topliss-reactive ketones (excluding diaryl/α,β-unsaturated/α-hetero) is 1. The number of benzene rings is 1. The van der Waals surface area contributed by atoms with E-state index in [1.165, 1.54) is 12.8 Å². The summed E-state index contributed by atoms with van der Waals surface area (Å²) in [6.07, 6.45) is 6.09. The van der Waals surface area contributed by atoms with E-state index in [0.29, 0.717) is 11.1 Å². The second-order valence-electron chi connectivity index (χ2n) is 11.3. The number of amides is 2. The molecular formula is C27H37N5O4. The Balaban J connectivity index is 1.34. The Labute approximate surface area is 212 Å². The first kappa shape index (κ1) is 23.9. The lowest BCUT2D eigenvalue weighted by Gasteiger charge is -2.37. The Bertz CT molecular complexity index is 1040. The maximum atomic E-state index is 14.2. The molecular weight excluding hydrogens is 458 g/mol. The predicted octanol–water partition coefficient (Wildman–Crippen LogP) is 0.850. The number of likely N-dealkylation sites (tertiary alicyclic amines) is 1. The highest BCUT2D eigenvalue weighted by molar-refractivity contribution is 5.99. The number of primary amides is 1. The molecule has 2 saturated carbocycles. The monoisotopic (exact) mass is 495 g/mol. The summed E-state index contributed by atoms with van der Waals surface area (Å²) in [5.41, 5.74) is 14.2. The van der Waals surface area contributed by atoms with Crippen molar-refractivity contribution in [3.63, 3.8) is 0 Å². The van der Waals surface area contributed by atoms with Crippen LogP contribution in [0, 0.1) is 5.92 Å². The van der Waals surface area contributed by atoms with E-state index in [1.807, 2.05) is 12.1 Å². The molecule has 0 bridgehead atoms. The van der Waals surface area contributed by atoms with Gasteiger partial charge in [-0.1, -0.05) is 12.8 Å². The van der Waals surface area contributed by atoms with E-state index in [0.717, 1.165) is 63.6 Å². The number of fused-ring (bicyclic) bond motifs is 1. The smallest absolute Gasteiger partial charge is 0.249 e. The first-order valence-corrected chi connectivity index (χ1v) is 13.6. The second kappa shape index (κ2) is 9.43. The number of carbonyl (C=O) groups is 3. The Kier molecular flexibility index (Phi) is 6.25. The van der Waals surface area contributed by atoms with E-state index in [4.69, 9.17) is 16.2 Å². The molecule has 2 amide bonds. The Morgan fingerprint density at radius 1 is 1.03 bits per heavy atom. The maximum absolute atomic E-state index is 14.2. The van der Waals surface area contributed by atoms with Gasteiger partial charge in [-0.15, -0.1) is 0 Å². The van der Waals surface area contributed by atoms with Crippen LogP contribution in [-0.4, -0.2) is 91.0 Å². The summed E-state index contributed by atoms with van der Waals surface area (Å²) in [6.45, 7) is 4.18. The number of ether oxygens (including phenoxy) is 1. The van der Waals surface area contributed by atoms with Crippen LogP contribution in [0.1, 0.15) is 60.4 Å². The fourth-order valence-corrected chi connectivity index (χ4v) is 6.99. The molecule has 5 fully saturated rings. The summed E-state index contributed by atoms with van der Waals surface area (Å²) in [4.78, 5) is 46.0. The topological polar surface area (TPSA) is 122 Å². The zero-order valence-corrected chi connectivity index (χ0v) is 20.8. The lowest BCUT2D eigenvalue weighted by atomic mass is 9.80. The van der Waals surface area contributed by atoms with Gasteiger partial charge in [-0.25, -0.2) is 0 Å². The molecule has 0 aromatic heterocycles. The van der Waals surface area contributed by atoms with Crippen molar-refractivity contribution in [1.29, 1.82) is 0 Å². The summed E-state index contributed by atoms with van der Waals surface area (Å²) in [6, 6.07) is 5.50. The zero-order valence-electron chi connectivity index (χ0n) is 20.8.